The third kappa shape index (κ3) is 5.50. The van der Waals surface area contributed by atoms with Gasteiger partial charge in [0.2, 0.25) is 0 Å². The molecule has 1 aromatic rings. The van der Waals surface area contributed by atoms with Gasteiger partial charge in [-0.05, 0) is 51.5 Å². The molecule has 116 valence electrons. The first kappa shape index (κ1) is 16.0. The topological polar surface area (TPSA) is 50.4 Å². The molecule has 4 nitrogen and oxygen atoms in total. The fourth-order valence-electron chi connectivity index (χ4n) is 2.21. The second-order valence-corrected chi connectivity index (χ2v) is 7.38. The highest BCUT2D eigenvalue weighted by molar-refractivity contribution is 7.99. The van der Waals surface area contributed by atoms with Crippen LogP contribution < -0.4 is 10.6 Å². The Hall–Kier alpha value is -1.36. The van der Waals surface area contributed by atoms with Crippen LogP contribution in [0.25, 0.3) is 0 Å². The van der Waals surface area contributed by atoms with Crippen LogP contribution in [0.3, 0.4) is 0 Å². The van der Waals surface area contributed by atoms with E-state index in [9.17, 15) is 4.79 Å². The van der Waals surface area contributed by atoms with Crippen LogP contribution in [-0.4, -0.2) is 29.2 Å². The number of para-hydroxylation sites is 2. The normalized spacial score (nSPS) is 18.9. The van der Waals surface area contributed by atoms with Crippen molar-refractivity contribution in [2.45, 2.75) is 45.3 Å². The summed E-state index contributed by atoms with van der Waals surface area (Å²) in [7, 11) is 0. The number of rotatable bonds is 3. The average Bonchev–Trinajstić information content (AvgIpc) is 2.40. The van der Waals surface area contributed by atoms with Gasteiger partial charge in [0.05, 0.1) is 11.4 Å². The third-order valence-corrected chi connectivity index (χ3v) is 4.30. The summed E-state index contributed by atoms with van der Waals surface area (Å²) in [5.41, 5.74) is 1.23. The lowest BCUT2D eigenvalue weighted by molar-refractivity contribution is 0.0636. The van der Waals surface area contributed by atoms with Crippen LogP contribution >= 0.6 is 11.8 Å². The summed E-state index contributed by atoms with van der Waals surface area (Å²) >= 11 is 1.98. The number of carbonyl (C=O) groups excluding carboxylic acids is 1. The van der Waals surface area contributed by atoms with Gasteiger partial charge in [-0.2, -0.15) is 11.8 Å². The first-order valence-electron chi connectivity index (χ1n) is 7.37. The van der Waals surface area contributed by atoms with E-state index in [2.05, 4.69) is 10.6 Å². The van der Waals surface area contributed by atoms with Crippen molar-refractivity contribution in [3.8, 4) is 0 Å². The molecule has 1 atom stereocenters. The van der Waals surface area contributed by atoms with Crippen molar-refractivity contribution in [3.05, 3.63) is 24.3 Å². The average molecular weight is 308 g/mol. The summed E-state index contributed by atoms with van der Waals surface area (Å²) < 4.78 is 5.30. The molecule has 0 bridgehead atoms. The molecular formula is C16H24N2O2S. The first-order chi connectivity index (χ1) is 9.94. The molecule has 0 saturated carbocycles. The van der Waals surface area contributed by atoms with Gasteiger partial charge in [0, 0.05) is 11.8 Å². The van der Waals surface area contributed by atoms with Crippen LogP contribution in [0.5, 0.6) is 0 Å². The van der Waals surface area contributed by atoms with E-state index in [0.717, 1.165) is 17.1 Å². The number of hydrogen-bond acceptors (Lipinski definition) is 4. The molecule has 1 amide bonds. The van der Waals surface area contributed by atoms with E-state index in [4.69, 9.17) is 4.74 Å². The summed E-state index contributed by atoms with van der Waals surface area (Å²) in [5.74, 6) is 2.36. The summed E-state index contributed by atoms with van der Waals surface area (Å²) in [6.45, 7) is 5.57. The van der Waals surface area contributed by atoms with Crippen LogP contribution in [0.15, 0.2) is 24.3 Å². The minimum Gasteiger partial charge on any atom is -0.444 e. The Bertz CT molecular complexity index is 479. The van der Waals surface area contributed by atoms with Crippen molar-refractivity contribution in [2.75, 3.05) is 22.1 Å². The van der Waals surface area contributed by atoms with Crippen LogP contribution in [0.2, 0.25) is 0 Å². The van der Waals surface area contributed by atoms with E-state index >= 15 is 0 Å². The Morgan fingerprint density at radius 2 is 2.00 bits per heavy atom. The van der Waals surface area contributed by atoms with Crippen molar-refractivity contribution >= 4 is 29.2 Å². The standard InChI is InChI=1S/C16H24N2O2S/c1-16(2,3)20-15(19)18-14-9-5-4-8-13(14)17-12-7-6-10-21-11-12/h4-5,8-9,12,17H,6-7,10-11H2,1-3H3,(H,18,19). The minimum absolute atomic E-state index is 0.422. The van der Waals surface area contributed by atoms with Crippen molar-refractivity contribution < 1.29 is 9.53 Å². The van der Waals surface area contributed by atoms with Crippen molar-refractivity contribution in [2.24, 2.45) is 0 Å². The van der Waals surface area contributed by atoms with E-state index in [1.165, 1.54) is 18.6 Å². The fraction of sp³-hybridized carbons (Fsp3) is 0.562. The zero-order chi connectivity index (χ0) is 15.3. The van der Waals surface area contributed by atoms with Crippen molar-refractivity contribution in [1.29, 1.82) is 0 Å². The maximum Gasteiger partial charge on any atom is 0.412 e. The Kier molecular flexibility index (Phi) is 5.39. The van der Waals surface area contributed by atoms with Gasteiger partial charge in [-0.15, -0.1) is 0 Å². The lowest BCUT2D eigenvalue weighted by Crippen LogP contribution is -2.29. The molecule has 1 aliphatic rings. The van der Waals surface area contributed by atoms with Gasteiger partial charge in [0.1, 0.15) is 5.60 Å². The summed E-state index contributed by atoms with van der Waals surface area (Å²) in [5, 5.41) is 6.35. The highest BCUT2D eigenvalue weighted by atomic mass is 32.2. The molecule has 0 aliphatic carbocycles. The maximum absolute atomic E-state index is 11.9. The summed E-state index contributed by atoms with van der Waals surface area (Å²) in [4.78, 5) is 11.9. The number of carbonyl (C=O) groups is 1. The van der Waals surface area contributed by atoms with E-state index in [-0.39, 0.29) is 0 Å². The smallest absolute Gasteiger partial charge is 0.412 e. The Balaban J connectivity index is 2.00. The van der Waals surface area contributed by atoms with Gasteiger partial charge in [-0.25, -0.2) is 4.79 Å². The third-order valence-electron chi connectivity index (χ3n) is 3.08. The zero-order valence-electron chi connectivity index (χ0n) is 12.9. The number of amides is 1. The number of thioether (sulfide) groups is 1. The van der Waals surface area contributed by atoms with Crippen LogP contribution in [0.4, 0.5) is 16.2 Å². The Morgan fingerprint density at radius 1 is 1.29 bits per heavy atom. The molecular weight excluding hydrogens is 284 g/mol. The quantitative estimate of drug-likeness (QED) is 0.872. The minimum atomic E-state index is -0.494. The largest absolute Gasteiger partial charge is 0.444 e. The van der Waals surface area contributed by atoms with E-state index in [0.29, 0.717) is 6.04 Å². The molecule has 5 heteroatoms. The highest BCUT2D eigenvalue weighted by Gasteiger charge is 2.18. The predicted molar refractivity (Wildman–Crippen MR) is 90.3 cm³/mol. The van der Waals surface area contributed by atoms with Crippen LogP contribution in [0, 0.1) is 0 Å². The SMILES string of the molecule is CC(C)(C)OC(=O)Nc1ccccc1NC1CCCSC1. The highest BCUT2D eigenvalue weighted by Crippen LogP contribution is 2.26. The Morgan fingerprint density at radius 3 is 2.62 bits per heavy atom. The molecule has 1 fully saturated rings. The summed E-state index contributed by atoms with van der Waals surface area (Å²) in [6.07, 6.45) is 1.99. The fourth-order valence-corrected chi connectivity index (χ4v) is 3.28. The van der Waals surface area contributed by atoms with Crippen LogP contribution in [-0.2, 0) is 4.74 Å². The van der Waals surface area contributed by atoms with Gasteiger partial charge < -0.3 is 10.1 Å². The first-order valence-corrected chi connectivity index (χ1v) is 8.53. The predicted octanol–water partition coefficient (Wildman–Crippen LogP) is 4.34. The van der Waals surface area contributed by atoms with Gasteiger partial charge in [0.25, 0.3) is 0 Å². The number of benzene rings is 1. The van der Waals surface area contributed by atoms with Gasteiger partial charge >= 0.3 is 6.09 Å². The van der Waals surface area contributed by atoms with Crippen molar-refractivity contribution in [1.82, 2.24) is 0 Å². The number of hydrogen-bond donors (Lipinski definition) is 2. The van der Waals surface area contributed by atoms with Crippen molar-refractivity contribution in [3.63, 3.8) is 0 Å². The summed E-state index contributed by atoms with van der Waals surface area (Å²) in [6, 6.07) is 8.23. The molecule has 0 aromatic heterocycles. The molecule has 0 radical (unpaired) electrons. The second-order valence-electron chi connectivity index (χ2n) is 6.23. The number of nitrogens with one attached hydrogen (secondary N) is 2. The Labute approximate surface area is 131 Å². The molecule has 2 N–H and O–H groups in total. The zero-order valence-corrected chi connectivity index (χ0v) is 13.8. The van der Waals surface area contributed by atoms with E-state index in [1.807, 2.05) is 56.8 Å². The molecule has 21 heavy (non-hydrogen) atoms. The van der Waals surface area contributed by atoms with E-state index < -0.39 is 11.7 Å². The lowest BCUT2D eigenvalue weighted by atomic mass is 10.1. The lowest BCUT2D eigenvalue weighted by Gasteiger charge is -2.25. The molecule has 2 rings (SSSR count). The van der Waals surface area contributed by atoms with Gasteiger partial charge in [0.15, 0.2) is 0 Å². The molecule has 1 unspecified atom stereocenters. The van der Waals surface area contributed by atoms with Crippen LogP contribution in [0.1, 0.15) is 33.6 Å². The van der Waals surface area contributed by atoms with E-state index in [1.54, 1.807) is 0 Å². The maximum atomic E-state index is 11.9. The molecule has 1 aromatic carbocycles. The van der Waals surface area contributed by atoms with Gasteiger partial charge in [-0.1, -0.05) is 12.1 Å². The molecule has 1 heterocycles. The second kappa shape index (κ2) is 7.07. The molecule has 1 aliphatic heterocycles. The monoisotopic (exact) mass is 308 g/mol. The van der Waals surface area contributed by atoms with Gasteiger partial charge in [-0.3, -0.25) is 5.32 Å². The molecule has 1 saturated heterocycles. The number of ether oxygens (including phenoxy) is 1. The number of anilines is 2. The molecule has 0 spiro atoms.